The minimum absolute atomic E-state index is 0. The number of ketones is 1. The molecule has 3 aromatic carbocycles. The van der Waals surface area contributed by atoms with E-state index in [0.29, 0.717) is 18.1 Å². The number of quaternary nitrogens is 1. The van der Waals surface area contributed by atoms with Gasteiger partial charge in [-0.1, -0.05) is 68.5 Å². The van der Waals surface area contributed by atoms with Crippen molar-refractivity contribution in [2.75, 3.05) is 26.2 Å². The van der Waals surface area contributed by atoms with Gasteiger partial charge in [0.05, 0.1) is 13.1 Å². The third-order valence-electron chi connectivity index (χ3n) is 6.45. The molecule has 4 rings (SSSR count). The van der Waals surface area contributed by atoms with Gasteiger partial charge in [0.25, 0.3) is 0 Å². The summed E-state index contributed by atoms with van der Waals surface area (Å²) in [6.07, 6.45) is 7.58. The zero-order chi connectivity index (χ0) is 22.3. The number of piperidine rings is 1. The Bertz CT molecular complexity index is 1080. The van der Waals surface area contributed by atoms with Gasteiger partial charge in [-0.3, -0.25) is 4.79 Å². The summed E-state index contributed by atoms with van der Waals surface area (Å²) in [6.45, 7) is 8.61. The number of rotatable bonds is 8. The average Bonchev–Trinajstić information content (AvgIpc) is 2.83. The van der Waals surface area contributed by atoms with Crippen molar-refractivity contribution in [2.24, 2.45) is 0 Å². The van der Waals surface area contributed by atoms with E-state index in [4.69, 9.17) is 4.74 Å². The molecule has 1 N–H and O–H groups in total. The van der Waals surface area contributed by atoms with E-state index < -0.39 is 0 Å². The number of hydrogen-bond acceptors (Lipinski definition) is 2. The molecule has 1 aliphatic heterocycles. The molecule has 3 aromatic rings. The van der Waals surface area contributed by atoms with Gasteiger partial charge >= 0.3 is 0 Å². The highest BCUT2D eigenvalue weighted by Gasteiger charge is 2.15. The Balaban J connectivity index is 0.00000306. The molecular weight excluding hydrogens is 430 g/mol. The quantitative estimate of drug-likeness (QED) is 0.410. The summed E-state index contributed by atoms with van der Waals surface area (Å²) in [7, 11) is 0. The SMILES string of the molecule is CC(C)c1ccc(/C=C/C(=O)c2ccc(OCC[NH+]3CCCCC3)c3ccccc23)cc1.[Cl-]. The van der Waals surface area contributed by atoms with E-state index in [9.17, 15) is 4.79 Å². The lowest BCUT2D eigenvalue weighted by atomic mass is 9.99. The summed E-state index contributed by atoms with van der Waals surface area (Å²) >= 11 is 0. The Morgan fingerprint density at radius 3 is 2.33 bits per heavy atom. The summed E-state index contributed by atoms with van der Waals surface area (Å²) in [5.41, 5.74) is 3.05. The van der Waals surface area contributed by atoms with Gasteiger partial charge in [0.1, 0.15) is 18.9 Å². The van der Waals surface area contributed by atoms with Gasteiger partial charge < -0.3 is 22.0 Å². The maximum atomic E-state index is 13.0. The predicted molar refractivity (Wildman–Crippen MR) is 133 cm³/mol. The third kappa shape index (κ3) is 6.46. The highest BCUT2D eigenvalue weighted by atomic mass is 35.5. The molecule has 0 aliphatic carbocycles. The van der Waals surface area contributed by atoms with Crippen LogP contribution in [0.5, 0.6) is 5.75 Å². The van der Waals surface area contributed by atoms with E-state index in [1.807, 2.05) is 42.5 Å². The van der Waals surface area contributed by atoms with Crippen LogP contribution in [0.4, 0.5) is 0 Å². The van der Waals surface area contributed by atoms with Crippen LogP contribution >= 0.6 is 0 Å². The largest absolute Gasteiger partial charge is 1.00 e. The molecular formula is C29H34ClNO2. The van der Waals surface area contributed by atoms with Gasteiger partial charge in [-0.25, -0.2) is 0 Å². The zero-order valence-corrected chi connectivity index (χ0v) is 20.4. The first-order chi connectivity index (χ1) is 15.6. The predicted octanol–water partition coefficient (Wildman–Crippen LogP) is 2.31. The van der Waals surface area contributed by atoms with Crippen LogP contribution in [0.15, 0.2) is 66.7 Å². The van der Waals surface area contributed by atoms with Crippen molar-refractivity contribution in [1.29, 1.82) is 0 Å². The number of nitrogens with one attached hydrogen (secondary N) is 1. The molecule has 3 nitrogen and oxygen atoms in total. The summed E-state index contributed by atoms with van der Waals surface area (Å²) in [4.78, 5) is 14.6. The number of carbonyl (C=O) groups excluding carboxylic acids is 1. The van der Waals surface area contributed by atoms with Gasteiger partial charge in [0.15, 0.2) is 5.78 Å². The van der Waals surface area contributed by atoms with Crippen molar-refractivity contribution in [2.45, 2.75) is 39.0 Å². The fourth-order valence-electron chi connectivity index (χ4n) is 4.47. The lowest BCUT2D eigenvalue weighted by Gasteiger charge is -2.23. The molecule has 1 heterocycles. The molecule has 0 amide bonds. The van der Waals surface area contributed by atoms with E-state index in [-0.39, 0.29) is 18.2 Å². The molecule has 4 heteroatoms. The number of allylic oxidation sites excluding steroid dienone is 1. The first kappa shape index (κ1) is 25.0. The van der Waals surface area contributed by atoms with Gasteiger partial charge in [-0.2, -0.15) is 0 Å². The topological polar surface area (TPSA) is 30.7 Å². The highest BCUT2D eigenvalue weighted by molar-refractivity contribution is 6.15. The smallest absolute Gasteiger partial charge is 0.186 e. The third-order valence-corrected chi connectivity index (χ3v) is 6.45. The van der Waals surface area contributed by atoms with Crippen LogP contribution in [0.25, 0.3) is 16.8 Å². The molecule has 33 heavy (non-hydrogen) atoms. The molecule has 1 fully saturated rings. The number of halogens is 1. The van der Waals surface area contributed by atoms with Crippen LogP contribution in [0.3, 0.4) is 0 Å². The van der Waals surface area contributed by atoms with Crippen LogP contribution in [0.1, 0.15) is 60.5 Å². The minimum Gasteiger partial charge on any atom is -1.00 e. The second-order valence-corrected chi connectivity index (χ2v) is 9.08. The average molecular weight is 464 g/mol. The Labute approximate surface area is 203 Å². The minimum atomic E-state index is 0. The van der Waals surface area contributed by atoms with Crippen molar-refractivity contribution in [1.82, 2.24) is 0 Å². The van der Waals surface area contributed by atoms with E-state index in [1.54, 1.807) is 11.0 Å². The van der Waals surface area contributed by atoms with E-state index in [2.05, 4.69) is 38.1 Å². The summed E-state index contributed by atoms with van der Waals surface area (Å²) in [6, 6.07) is 20.3. The number of ether oxygens (including phenoxy) is 1. The van der Waals surface area contributed by atoms with Crippen LogP contribution in [0, 0.1) is 0 Å². The lowest BCUT2D eigenvalue weighted by Crippen LogP contribution is -3.13. The molecule has 1 aliphatic rings. The Morgan fingerprint density at radius 1 is 0.939 bits per heavy atom. The fraction of sp³-hybridized carbons (Fsp3) is 0.345. The molecule has 0 bridgehead atoms. The monoisotopic (exact) mass is 463 g/mol. The Morgan fingerprint density at radius 2 is 1.64 bits per heavy atom. The van der Waals surface area contributed by atoms with Gasteiger partial charge in [0, 0.05) is 10.9 Å². The first-order valence-electron chi connectivity index (χ1n) is 11.9. The summed E-state index contributed by atoms with van der Waals surface area (Å²) < 4.78 is 6.17. The summed E-state index contributed by atoms with van der Waals surface area (Å²) in [5, 5.41) is 1.95. The van der Waals surface area contributed by atoms with E-state index >= 15 is 0 Å². The fourth-order valence-corrected chi connectivity index (χ4v) is 4.47. The normalized spacial score (nSPS) is 14.5. The molecule has 0 radical (unpaired) electrons. The second kappa shape index (κ2) is 12.0. The summed E-state index contributed by atoms with van der Waals surface area (Å²) in [5.74, 6) is 1.38. The van der Waals surface area contributed by atoms with Gasteiger partial charge in [-0.15, -0.1) is 0 Å². The van der Waals surface area contributed by atoms with Crippen LogP contribution in [0.2, 0.25) is 0 Å². The molecule has 0 atom stereocenters. The van der Waals surface area contributed by atoms with Gasteiger partial charge in [0.2, 0.25) is 0 Å². The Hall–Kier alpha value is -2.62. The van der Waals surface area contributed by atoms with E-state index in [0.717, 1.165) is 28.6 Å². The van der Waals surface area contributed by atoms with Crippen molar-refractivity contribution >= 4 is 22.6 Å². The highest BCUT2D eigenvalue weighted by Crippen LogP contribution is 2.29. The maximum Gasteiger partial charge on any atom is 0.186 e. The maximum absolute atomic E-state index is 13.0. The number of likely N-dealkylation sites (tertiary alicyclic amines) is 1. The number of carbonyl (C=O) groups is 1. The number of fused-ring (bicyclic) bond motifs is 1. The van der Waals surface area contributed by atoms with Crippen molar-refractivity contribution < 1.29 is 26.8 Å². The van der Waals surface area contributed by atoms with Crippen LogP contribution < -0.4 is 22.0 Å². The Kier molecular flexibility index (Phi) is 9.11. The van der Waals surface area contributed by atoms with Gasteiger partial charge in [-0.05, 0) is 59.9 Å². The lowest BCUT2D eigenvalue weighted by molar-refractivity contribution is -0.904. The van der Waals surface area contributed by atoms with Crippen molar-refractivity contribution in [3.8, 4) is 5.75 Å². The molecule has 174 valence electrons. The molecule has 1 saturated heterocycles. The van der Waals surface area contributed by atoms with Crippen LogP contribution in [-0.4, -0.2) is 32.0 Å². The molecule has 0 spiro atoms. The number of hydrogen-bond donors (Lipinski definition) is 1. The second-order valence-electron chi connectivity index (χ2n) is 9.08. The van der Waals surface area contributed by atoms with Crippen LogP contribution in [-0.2, 0) is 0 Å². The molecule has 0 saturated carbocycles. The first-order valence-corrected chi connectivity index (χ1v) is 11.9. The van der Waals surface area contributed by atoms with E-state index in [1.165, 1.54) is 37.9 Å². The van der Waals surface area contributed by atoms with Crippen molar-refractivity contribution in [3.05, 3.63) is 83.4 Å². The molecule has 0 unspecified atom stereocenters. The van der Waals surface area contributed by atoms with Crippen molar-refractivity contribution in [3.63, 3.8) is 0 Å². The standard InChI is InChI=1S/C29H33NO2.ClH/c1-22(2)24-13-10-23(11-14-24)12-16-28(31)26-15-17-29(27-9-5-4-8-25(26)27)32-21-20-30-18-6-3-7-19-30;/h4-5,8-17,22H,3,6-7,18-21H2,1-2H3;1H/b16-12+;. The number of benzene rings is 3. The molecule has 0 aromatic heterocycles. The zero-order valence-electron chi connectivity index (χ0n) is 19.6.